The van der Waals surface area contributed by atoms with E-state index in [1.54, 1.807) is 36.4 Å². The topological polar surface area (TPSA) is 92.9 Å². The first-order valence-corrected chi connectivity index (χ1v) is 8.32. The highest BCUT2D eigenvalue weighted by Crippen LogP contribution is 2.48. The van der Waals surface area contributed by atoms with Crippen molar-refractivity contribution in [2.45, 2.75) is 17.9 Å². The Balaban J connectivity index is 1.96. The first-order valence-electron chi connectivity index (χ1n) is 8.32. The number of hydrogen-bond donors (Lipinski definition) is 2. The summed E-state index contributed by atoms with van der Waals surface area (Å²) in [6, 6.07) is 14.3. The van der Waals surface area contributed by atoms with Crippen LogP contribution in [0, 0.1) is 5.92 Å². The van der Waals surface area contributed by atoms with Gasteiger partial charge < -0.3 is 10.4 Å². The molecule has 7 nitrogen and oxygen atoms in total. The minimum absolute atomic E-state index is 0.0365. The van der Waals surface area contributed by atoms with E-state index in [2.05, 4.69) is 15.5 Å². The van der Waals surface area contributed by atoms with E-state index in [9.17, 15) is 23.1 Å². The smallest absolute Gasteiger partial charge is 0.363 e. The van der Waals surface area contributed by atoms with E-state index in [1.165, 1.54) is 24.3 Å². The van der Waals surface area contributed by atoms with E-state index < -0.39 is 29.6 Å². The number of carbonyl (C=O) groups is 1. The number of aliphatic hydroxyl groups is 1. The second-order valence-electron chi connectivity index (χ2n) is 6.40. The van der Waals surface area contributed by atoms with Gasteiger partial charge in [-0.25, -0.2) is 4.68 Å². The maximum atomic E-state index is 14.0. The number of alkyl halides is 3. The first kappa shape index (κ1) is 18.1. The van der Waals surface area contributed by atoms with E-state index in [4.69, 9.17) is 0 Å². The number of carbonyl (C=O) groups excluding carboxylic acids is 1. The minimum Gasteiger partial charge on any atom is -0.363 e. The van der Waals surface area contributed by atoms with Crippen LogP contribution in [-0.2, 0) is 0 Å². The quantitative estimate of drug-likeness (QED) is 0.669. The molecule has 0 radical (unpaired) electrons. The molecule has 1 aliphatic rings. The third-order valence-corrected chi connectivity index (χ3v) is 4.74. The molecule has 0 bridgehead atoms. The Labute approximate surface area is 156 Å². The largest absolute Gasteiger partial charge is 0.437 e. The van der Waals surface area contributed by atoms with Crippen LogP contribution in [0.2, 0.25) is 0 Å². The Morgan fingerprint density at radius 1 is 1.07 bits per heavy atom. The van der Waals surface area contributed by atoms with E-state index in [1.807, 2.05) is 5.32 Å². The lowest BCUT2D eigenvalue weighted by atomic mass is 9.77. The molecule has 0 spiro atoms. The van der Waals surface area contributed by atoms with Crippen molar-refractivity contribution in [3.05, 3.63) is 71.8 Å². The molecule has 0 aliphatic carbocycles. The summed E-state index contributed by atoms with van der Waals surface area (Å²) >= 11 is 0. The second kappa shape index (κ2) is 6.41. The number of aromatic nitrogens is 4. The molecule has 0 amide bonds. The zero-order valence-electron chi connectivity index (χ0n) is 14.2. The molecular formula is C18H14F3N5O2. The highest BCUT2D eigenvalue weighted by Gasteiger charge is 2.66. The number of nitrogens with zero attached hydrogens (tertiary/aromatic N) is 4. The van der Waals surface area contributed by atoms with E-state index >= 15 is 0 Å². The zero-order valence-corrected chi connectivity index (χ0v) is 14.2. The molecular weight excluding hydrogens is 375 g/mol. The highest BCUT2D eigenvalue weighted by atomic mass is 19.4. The molecule has 28 heavy (non-hydrogen) atoms. The fourth-order valence-corrected chi connectivity index (χ4v) is 3.43. The summed E-state index contributed by atoms with van der Waals surface area (Å²) < 4.78 is 43.1. The van der Waals surface area contributed by atoms with Gasteiger partial charge in [-0.1, -0.05) is 65.8 Å². The fraction of sp³-hybridized carbons (Fsp3) is 0.222. The molecule has 0 fully saturated rings. The van der Waals surface area contributed by atoms with Crippen LogP contribution in [0.5, 0.6) is 0 Å². The monoisotopic (exact) mass is 389 g/mol. The SMILES string of the molecule is O=C(c1ccccc1)C1C(c2ccccc2)n2nnnc2NC1(O)C(F)(F)F. The number of ketones is 1. The van der Waals surface area contributed by atoms with Crippen LogP contribution in [0.3, 0.4) is 0 Å². The Bertz CT molecular complexity index is 993. The van der Waals surface area contributed by atoms with Crippen molar-refractivity contribution >= 4 is 11.7 Å². The number of benzene rings is 2. The third kappa shape index (κ3) is 2.73. The Kier molecular flexibility index (Phi) is 4.15. The number of rotatable bonds is 3. The van der Waals surface area contributed by atoms with Crippen LogP contribution >= 0.6 is 0 Å². The highest BCUT2D eigenvalue weighted by molar-refractivity contribution is 5.99. The number of tetrazole rings is 1. The van der Waals surface area contributed by atoms with E-state index in [0.717, 1.165) is 4.68 Å². The average Bonchev–Trinajstić information content (AvgIpc) is 3.14. The predicted octanol–water partition coefficient (Wildman–Crippen LogP) is 2.44. The van der Waals surface area contributed by atoms with Crippen molar-refractivity contribution in [2.75, 3.05) is 5.32 Å². The number of Topliss-reactive ketones (excluding diaryl/α,β-unsaturated/α-hetero) is 1. The van der Waals surface area contributed by atoms with Gasteiger partial charge in [0.25, 0.3) is 0 Å². The summed E-state index contributed by atoms with van der Waals surface area (Å²) in [5, 5.41) is 23.3. The molecule has 4 rings (SSSR count). The average molecular weight is 389 g/mol. The molecule has 2 N–H and O–H groups in total. The summed E-state index contributed by atoms with van der Waals surface area (Å²) in [5.74, 6) is -3.23. The first-order chi connectivity index (χ1) is 13.3. The van der Waals surface area contributed by atoms with Gasteiger partial charge in [-0.3, -0.25) is 4.79 Å². The van der Waals surface area contributed by atoms with Crippen molar-refractivity contribution in [3.8, 4) is 0 Å². The summed E-state index contributed by atoms with van der Waals surface area (Å²) in [7, 11) is 0. The number of nitrogens with one attached hydrogen (secondary N) is 1. The molecule has 3 unspecified atom stereocenters. The predicted molar refractivity (Wildman–Crippen MR) is 91.3 cm³/mol. The number of fused-ring (bicyclic) bond motifs is 1. The van der Waals surface area contributed by atoms with Crippen LogP contribution in [0.1, 0.15) is 22.0 Å². The molecule has 2 heterocycles. The van der Waals surface area contributed by atoms with Gasteiger partial charge in [0.2, 0.25) is 11.7 Å². The lowest BCUT2D eigenvalue weighted by Crippen LogP contribution is -2.64. The number of hydrogen-bond acceptors (Lipinski definition) is 6. The number of halogens is 3. The van der Waals surface area contributed by atoms with Crippen molar-refractivity contribution < 1.29 is 23.1 Å². The molecule has 10 heteroatoms. The van der Waals surface area contributed by atoms with Crippen molar-refractivity contribution in [3.63, 3.8) is 0 Å². The lowest BCUT2D eigenvalue weighted by Gasteiger charge is -2.44. The maximum absolute atomic E-state index is 14.0. The second-order valence-corrected chi connectivity index (χ2v) is 6.40. The molecule has 1 aliphatic heterocycles. The molecule has 2 aromatic carbocycles. The van der Waals surface area contributed by atoms with Gasteiger partial charge in [-0.05, 0) is 16.0 Å². The van der Waals surface area contributed by atoms with Crippen molar-refractivity contribution in [1.29, 1.82) is 0 Å². The van der Waals surface area contributed by atoms with E-state index in [-0.39, 0.29) is 11.5 Å². The van der Waals surface area contributed by atoms with Crippen molar-refractivity contribution in [2.24, 2.45) is 5.92 Å². The molecule has 3 aromatic rings. The Morgan fingerprint density at radius 2 is 1.68 bits per heavy atom. The van der Waals surface area contributed by atoms with Gasteiger partial charge in [0, 0.05) is 5.56 Å². The fourth-order valence-electron chi connectivity index (χ4n) is 3.43. The summed E-state index contributed by atoms with van der Waals surface area (Å²) in [4.78, 5) is 13.2. The van der Waals surface area contributed by atoms with Gasteiger partial charge in [-0.2, -0.15) is 13.2 Å². The van der Waals surface area contributed by atoms with Crippen molar-refractivity contribution in [1.82, 2.24) is 20.2 Å². The summed E-state index contributed by atoms with van der Waals surface area (Å²) in [6.07, 6.45) is -5.17. The normalized spacial score (nSPS) is 24.3. The molecule has 0 saturated carbocycles. The number of anilines is 1. The van der Waals surface area contributed by atoms with E-state index in [0.29, 0.717) is 5.56 Å². The zero-order chi connectivity index (χ0) is 19.9. The molecule has 144 valence electrons. The van der Waals surface area contributed by atoms with Gasteiger partial charge >= 0.3 is 6.18 Å². The molecule has 3 atom stereocenters. The Hall–Kier alpha value is -3.27. The summed E-state index contributed by atoms with van der Waals surface area (Å²) in [5.41, 5.74) is -3.17. The maximum Gasteiger partial charge on any atom is 0.437 e. The van der Waals surface area contributed by atoms with Crippen LogP contribution in [0.25, 0.3) is 0 Å². The Morgan fingerprint density at radius 3 is 2.29 bits per heavy atom. The third-order valence-electron chi connectivity index (χ3n) is 4.74. The molecule has 0 saturated heterocycles. The van der Waals surface area contributed by atoms with Crippen LogP contribution in [0.4, 0.5) is 19.1 Å². The van der Waals surface area contributed by atoms with Gasteiger partial charge in [0.15, 0.2) is 5.78 Å². The van der Waals surface area contributed by atoms with Crippen LogP contribution < -0.4 is 5.32 Å². The summed E-state index contributed by atoms with van der Waals surface area (Å²) in [6.45, 7) is 0. The van der Waals surface area contributed by atoms with Crippen LogP contribution in [0.15, 0.2) is 60.7 Å². The standard InChI is InChI=1S/C18H14F3N5O2/c19-18(20,21)17(28)13(15(27)12-9-5-2-6-10-12)14(11-7-3-1-4-8-11)26-16(22-17)23-24-25-26/h1-10,13-14,28H,(H,22,23,25). The van der Waals surface area contributed by atoms with Crippen LogP contribution in [-0.4, -0.2) is 43.0 Å². The molecule has 1 aromatic heterocycles. The lowest BCUT2D eigenvalue weighted by molar-refractivity contribution is -0.266. The van der Waals surface area contributed by atoms with Gasteiger partial charge in [-0.15, -0.1) is 0 Å². The van der Waals surface area contributed by atoms with Gasteiger partial charge in [0.1, 0.15) is 5.92 Å². The minimum atomic E-state index is -5.17. The van der Waals surface area contributed by atoms with Gasteiger partial charge in [0.05, 0.1) is 6.04 Å².